The van der Waals surface area contributed by atoms with E-state index >= 15 is 0 Å². The zero-order chi connectivity index (χ0) is 23.6. The largest absolute Gasteiger partial charge is 0.492 e. The van der Waals surface area contributed by atoms with Gasteiger partial charge in [-0.05, 0) is 56.5 Å². The summed E-state index contributed by atoms with van der Waals surface area (Å²) in [5.74, 6) is 1.32. The number of nitrogens with zero attached hydrogens (tertiary/aromatic N) is 1. The Bertz CT molecular complexity index is 1130. The number of fused-ring (bicyclic) bond motifs is 1. The van der Waals surface area contributed by atoms with Gasteiger partial charge in [-0.2, -0.15) is 0 Å². The van der Waals surface area contributed by atoms with Crippen LogP contribution in [0.5, 0.6) is 11.5 Å². The molecule has 1 saturated carbocycles. The number of amides is 2. The number of hydrogen-bond donors (Lipinski definition) is 1. The maximum Gasteiger partial charge on any atom is 0.243 e. The summed E-state index contributed by atoms with van der Waals surface area (Å²) >= 11 is 0. The van der Waals surface area contributed by atoms with Crippen LogP contribution in [0, 0.1) is 5.92 Å². The lowest BCUT2D eigenvalue weighted by Crippen LogP contribution is -2.32. The molecule has 4 rings (SSSR count). The number of ether oxygens (including phenoxy) is 2. The molecular weight excluding hydrogens is 416 g/mol. The average molecular weight is 447 g/mol. The van der Waals surface area contributed by atoms with E-state index in [4.69, 9.17) is 9.47 Å². The van der Waals surface area contributed by atoms with Gasteiger partial charge in [0.05, 0.1) is 13.7 Å². The highest BCUT2D eigenvalue weighted by molar-refractivity contribution is 5.97. The minimum absolute atomic E-state index is 0.0526. The van der Waals surface area contributed by atoms with E-state index < -0.39 is 5.60 Å². The Balaban J connectivity index is 1.69. The van der Waals surface area contributed by atoms with E-state index in [0.717, 1.165) is 35.2 Å². The quantitative estimate of drug-likeness (QED) is 0.632. The Morgan fingerprint density at radius 3 is 2.73 bits per heavy atom. The molecule has 0 aromatic heterocycles. The van der Waals surface area contributed by atoms with Gasteiger partial charge >= 0.3 is 0 Å². The van der Waals surface area contributed by atoms with E-state index in [0.29, 0.717) is 18.0 Å². The Morgan fingerprint density at radius 2 is 2.03 bits per heavy atom. The van der Waals surface area contributed by atoms with Crippen molar-refractivity contribution >= 4 is 29.7 Å². The van der Waals surface area contributed by atoms with E-state index in [2.05, 4.69) is 5.32 Å². The van der Waals surface area contributed by atoms with Crippen LogP contribution in [0.3, 0.4) is 0 Å². The molecule has 1 aliphatic heterocycles. The highest BCUT2D eigenvalue weighted by atomic mass is 16.5. The van der Waals surface area contributed by atoms with Gasteiger partial charge in [-0.1, -0.05) is 30.3 Å². The van der Waals surface area contributed by atoms with Gasteiger partial charge in [-0.15, -0.1) is 0 Å². The lowest BCUT2D eigenvalue weighted by atomic mass is 9.99. The standard InChI is InChI=1S/C27H30N2O4/c1-27(2)15-14-19-9-12-21(24(32-4)25(19)33-27)17-29(26(31)20-10-11-20)22-7-5-6-18(16-22)8-13-23(30)28-3/h5-9,12-16,20H,10-11,17H2,1-4H3,(H,28,30)/b13-8+. The smallest absolute Gasteiger partial charge is 0.243 e. The summed E-state index contributed by atoms with van der Waals surface area (Å²) in [4.78, 5) is 26.7. The highest BCUT2D eigenvalue weighted by Gasteiger charge is 2.35. The molecule has 1 heterocycles. The third-order valence-electron chi connectivity index (χ3n) is 5.83. The maximum atomic E-state index is 13.3. The first-order valence-electron chi connectivity index (χ1n) is 11.2. The fourth-order valence-corrected chi connectivity index (χ4v) is 3.86. The van der Waals surface area contributed by atoms with E-state index in [1.807, 2.05) is 67.3 Å². The second-order valence-electron chi connectivity index (χ2n) is 8.96. The molecule has 0 spiro atoms. The van der Waals surface area contributed by atoms with E-state index in [9.17, 15) is 9.59 Å². The molecule has 1 fully saturated rings. The molecule has 0 bridgehead atoms. The molecule has 2 aromatic rings. The third-order valence-corrected chi connectivity index (χ3v) is 5.83. The average Bonchev–Trinajstić information content (AvgIpc) is 3.65. The van der Waals surface area contributed by atoms with Crippen molar-refractivity contribution in [1.82, 2.24) is 5.32 Å². The van der Waals surface area contributed by atoms with Gasteiger partial charge in [0, 0.05) is 35.9 Å². The number of rotatable bonds is 7. The Hall–Kier alpha value is -3.54. The van der Waals surface area contributed by atoms with Crippen molar-refractivity contribution in [3.63, 3.8) is 0 Å². The van der Waals surface area contributed by atoms with Crippen LogP contribution in [0.4, 0.5) is 5.69 Å². The predicted molar refractivity (Wildman–Crippen MR) is 130 cm³/mol. The molecule has 0 unspecified atom stereocenters. The molecule has 1 N–H and O–H groups in total. The number of hydrogen-bond acceptors (Lipinski definition) is 4. The van der Waals surface area contributed by atoms with Crippen LogP contribution < -0.4 is 19.7 Å². The molecule has 2 aliphatic rings. The van der Waals surface area contributed by atoms with Crippen molar-refractivity contribution in [3.8, 4) is 11.5 Å². The zero-order valence-electron chi connectivity index (χ0n) is 19.6. The summed E-state index contributed by atoms with van der Waals surface area (Å²) in [6, 6.07) is 11.6. The summed E-state index contributed by atoms with van der Waals surface area (Å²) < 4.78 is 12.0. The molecule has 6 heteroatoms. The third kappa shape index (κ3) is 5.11. The summed E-state index contributed by atoms with van der Waals surface area (Å²) in [5.41, 5.74) is 3.02. The molecular formula is C27H30N2O4. The highest BCUT2D eigenvalue weighted by Crippen LogP contribution is 2.42. The van der Waals surface area contributed by atoms with Crippen molar-refractivity contribution in [3.05, 3.63) is 65.2 Å². The summed E-state index contributed by atoms with van der Waals surface area (Å²) in [6.07, 6.45) is 9.11. The molecule has 2 aromatic carbocycles. The van der Waals surface area contributed by atoms with Crippen LogP contribution in [0.1, 0.15) is 43.4 Å². The molecule has 0 radical (unpaired) electrons. The molecule has 172 valence electrons. The van der Waals surface area contributed by atoms with E-state index in [1.54, 1.807) is 20.2 Å². The van der Waals surface area contributed by atoms with Gasteiger partial charge < -0.3 is 19.7 Å². The fraction of sp³-hybridized carbons (Fsp3) is 0.333. The first kappa shape index (κ1) is 22.6. The number of nitrogens with one attached hydrogen (secondary N) is 1. The Morgan fingerprint density at radius 1 is 1.24 bits per heavy atom. The van der Waals surface area contributed by atoms with Gasteiger partial charge in [0.25, 0.3) is 0 Å². The first-order chi connectivity index (χ1) is 15.8. The van der Waals surface area contributed by atoms with Crippen LogP contribution in [-0.2, 0) is 16.1 Å². The number of likely N-dealkylation sites (N-methyl/N-ethyl adjacent to an activating group) is 1. The zero-order valence-corrected chi connectivity index (χ0v) is 19.6. The van der Waals surface area contributed by atoms with Crippen molar-refractivity contribution < 1.29 is 19.1 Å². The van der Waals surface area contributed by atoms with E-state index in [1.165, 1.54) is 6.08 Å². The molecule has 0 atom stereocenters. The number of carbonyl (C=O) groups is 2. The van der Waals surface area contributed by atoms with Crippen LogP contribution in [0.2, 0.25) is 0 Å². The predicted octanol–water partition coefficient (Wildman–Crippen LogP) is 4.58. The fourth-order valence-electron chi connectivity index (χ4n) is 3.86. The van der Waals surface area contributed by atoms with Gasteiger partial charge in [0.15, 0.2) is 11.5 Å². The molecule has 1 aliphatic carbocycles. The monoisotopic (exact) mass is 446 g/mol. The summed E-state index contributed by atoms with van der Waals surface area (Å²) in [6.45, 7) is 4.36. The normalized spacial score (nSPS) is 16.1. The topological polar surface area (TPSA) is 67.9 Å². The van der Waals surface area contributed by atoms with Gasteiger partial charge in [-0.3, -0.25) is 9.59 Å². The Labute approximate surface area is 194 Å². The Kier molecular flexibility index (Phi) is 6.27. The molecule has 6 nitrogen and oxygen atoms in total. The van der Waals surface area contributed by atoms with Gasteiger partial charge in [-0.25, -0.2) is 0 Å². The van der Waals surface area contributed by atoms with Crippen LogP contribution >= 0.6 is 0 Å². The summed E-state index contributed by atoms with van der Waals surface area (Å²) in [5, 5.41) is 2.57. The molecule has 33 heavy (non-hydrogen) atoms. The van der Waals surface area contributed by atoms with E-state index in [-0.39, 0.29) is 17.7 Å². The first-order valence-corrected chi connectivity index (χ1v) is 11.2. The van der Waals surface area contributed by atoms with Gasteiger partial charge in [0.1, 0.15) is 5.60 Å². The van der Waals surface area contributed by atoms with Crippen molar-refractivity contribution in [1.29, 1.82) is 0 Å². The second-order valence-corrected chi connectivity index (χ2v) is 8.96. The van der Waals surface area contributed by atoms with Gasteiger partial charge in [0.2, 0.25) is 11.8 Å². The minimum atomic E-state index is -0.437. The SMILES string of the molecule is CNC(=O)/C=C/c1cccc(N(Cc2ccc3c(c2OC)OC(C)(C)C=C3)C(=O)C2CC2)c1. The van der Waals surface area contributed by atoms with Crippen LogP contribution in [0.15, 0.2) is 48.6 Å². The second kappa shape index (κ2) is 9.14. The number of carbonyl (C=O) groups excluding carboxylic acids is 2. The van der Waals surface area contributed by atoms with Crippen molar-refractivity contribution in [2.24, 2.45) is 5.92 Å². The lowest BCUT2D eigenvalue weighted by Gasteiger charge is -2.31. The minimum Gasteiger partial charge on any atom is -0.492 e. The lowest BCUT2D eigenvalue weighted by molar-refractivity contribution is -0.120. The van der Waals surface area contributed by atoms with Crippen molar-refractivity contribution in [2.45, 2.75) is 38.8 Å². The number of benzene rings is 2. The molecule has 2 amide bonds. The molecule has 0 saturated heterocycles. The van der Waals surface area contributed by atoms with Crippen LogP contribution in [-0.4, -0.2) is 31.6 Å². The van der Waals surface area contributed by atoms with Crippen LogP contribution in [0.25, 0.3) is 12.2 Å². The summed E-state index contributed by atoms with van der Waals surface area (Å²) in [7, 11) is 3.22. The number of anilines is 1. The number of methoxy groups -OCH3 is 1. The van der Waals surface area contributed by atoms with Crippen molar-refractivity contribution in [2.75, 3.05) is 19.1 Å². The maximum absolute atomic E-state index is 13.3.